The summed E-state index contributed by atoms with van der Waals surface area (Å²) in [5.74, 6) is 2.60. The normalized spacial score (nSPS) is 31.5. The molecule has 152 valence electrons. The molecular weight excluding hydrogens is 392 g/mol. The van der Waals surface area contributed by atoms with E-state index >= 15 is 0 Å². The molecule has 0 heterocycles. The Kier molecular flexibility index (Phi) is 5.67. The number of benzene rings is 1. The Hall–Kier alpha value is -1.20. The highest BCUT2D eigenvalue weighted by atomic mass is 35.5. The van der Waals surface area contributed by atoms with Crippen molar-refractivity contribution in [3.63, 3.8) is 0 Å². The van der Waals surface area contributed by atoms with Gasteiger partial charge in [0, 0.05) is 28.1 Å². The van der Waals surface area contributed by atoms with E-state index in [-0.39, 0.29) is 17.4 Å². The molecule has 4 bridgehead atoms. The van der Waals surface area contributed by atoms with E-state index in [1.54, 1.807) is 11.8 Å². The lowest BCUT2D eigenvalue weighted by Crippen LogP contribution is -2.63. The zero-order chi connectivity index (χ0) is 19.9. The second-order valence-electron chi connectivity index (χ2n) is 9.16. The lowest BCUT2D eigenvalue weighted by atomic mass is 9.53. The third-order valence-corrected chi connectivity index (χ3v) is 8.18. The van der Waals surface area contributed by atoms with Crippen molar-refractivity contribution in [2.75, 3.05) is 5.75 Å². The molecule has 6 heteroatoms. The van der Waals surface area contributed by atoms with E-state index in [1.165, 1.54) is 26.2 Å². The van der Waals surface area contributed by atoms with Gasteiger partial charge in [0.15, 0.2) is 0 Å². The van der Waals surface area contributed by atoms with Crippen molar-refractivity contribution in [3.05, 3.63) is 28.8 Å². The number of thioether (sulfide) groups is 1. The minimum Gasteiger partial charge on any atom is -0.349 e. The summed E-state index contributed by atoms with van der Waals surface area (Å²) in [4.78, 5) is 25.9. The Morgan fingerprint density at radius 3 is 2.32 bits per heavy atom. The summed E-state index contributed by atoms with van der Waals surface area (Å²) in [5.41, 5.74) is 0.990. The highest BCUT2D eigenvalue weighted by Crippen LogP contribution is 2.55. The first kappa shape index (κ1) is 20.1. The maximum absolute atomic E-state index is 13.1. The van der Waals surface area contributed by atoms with Gasteiger partial charge in [0.05, 0.1) is 0 Å². The second kappa shape index (κ2) is 7.91. The van der Waals surface area contributed by atoms with Crippen LogP contribution in [0, 0.1) is 24.7 Å². The molecule has 4 nitrogen and oxygen atoms in total. The largest absolute Gasteiger partial charge is 0.349 e. The maximum Gasteiger partial charge on any atom is 0.243 e. The molecule has 1 unspecified atom stereocenters. The smallest absolute Gasteiger partial charge is 0.243 e. The molecule has 0 aliphatic heterocycles. The van der Waals surface area contributed by atoms with E-state index in [0.717, 1.165) is 52.5 Å². The number of halogens is 1. The Balaban J connectivity index is 1.42. The van der Waals surface area contributed by atoms with Crippen LogP contribution in [0.3, 0.4) is 0 Å². The van der Waals surface area contributed by atoms with E-state index in [2.05, 4.69) is 10.6 Å². The van der Waals surface area contributed by atoms with Gasteiger partial charge >= 0.3 is 0 Å². The summed E-state index contributed by atoms with van der Waals surface area (Å²) in [6, 6.07) is 5.38. The van der Waals surface area contributed by atoms with E-state index in [1.807, 2.05) is 25.1 Å². The molecule has 1 atom stereocenters. The molecule has 4 aliphatic carbocycles. The van der Waals surface area contributed by atoms with Gasteiger partial charge in [0.1, 0.15) is 6.04 Å². The lowest BCUT2D eigenvalue weighted by Gasteiger charge is -2.57. The van der Waals surface area contributed by atoms with Crippen molar-refractivity contribution in [1.29, 1.82) is 0 Å². The van der Waals surface area contributed by atoms with Crippen molar-refractivity contribution in [2.24, 2.45) is 17.8 Å². The first-order chi connectivity index (χ1) is 13.3. The van der Waals surface area contributed by atoms with Gasteiger partial charge in [-0.15, -0.1) is 11.8 Å². The third-order valence-electron chi connectivity index (χ3n) is 6.68. The molecule has 5 rings (SSSR count). The van der Waals surface area contributed by atoms with Gasteiger partial charge in [-0.2, -0.15) is 0 Å². The summed E-state index contributed by atoms with van der Waals surface area (Å²) in [5, 5.41) is 6.97. The van der Waals surface area contributed by atoms with Gasteiger partial charge in [0.2, 0.25) is 11.8 Å². The van der Waals surface area contributed by atoms with Crippen LogP contribution in [0.2, 0.25) is 5.02 Å². The first-order valence-corrected chi connectivity index (χ1v) is 11.7. The molecule has 4 aliphatic rings. The molecular formula is C22H29ClN2O2S. The number of amides is 2. The molecule has 28 heavy (non-hydrogen) atoms. The molecule has 4 fully saturated rings. The Bertz CT molecular complexity index is 747. The Labute approximate surface area is 176 Å². The predicted octanol–water partition coefficient (Wildman–Crippen LogP) is 4.33. The topological polar surface area (TPSA) is 58.2 Å². The Morgan fingerprint density at radius 2 is 1.79 bits per heavy atom. The molecule has 0 radical (unpaired) electrons. The predicted molar refractivity (Wildman–Crippen MR) is 114 cm³/mol. The van der Waals surface area contributed by atoms with Gasteiger partial charge in [-0.3, -0.25) is 9.59 Å². The third kappa shape index (κ3) is 4.35. The van der Waals surface area contributed by atoms with Crippen LogP contribution >= 0.6 is 23.4 Å². The van der Waals surface area contributed by atoms with Crippen LogP contribution in [0.1, 0.15) is 51.0 Å². The van der Waals surface area contributed by atoms with Crippen LogP contribution in [0.15, 0.2) is 23.1 Å². The van der Waals surface area contributed by atoms with E-state index in [9.17, 15) is 9.59 Å². The van der Waals surface area contributed by atoms with Gasteiger partial charge < -0.3 is 10.6 Å². The first-order valence-electron chi connectivity index (χ1n) is 10.3. The maximum atomic E-state index is 13.1. The van der Waals surface area contributed by atoms with Crippen LogP contribution in [0.5, 0.6) is 0 Å². The highest BCUT2D eigenvalue weighted by Gasteiger charge is 2.51. The minimum absolute atomic E-state index is 0.0390. The van der Waals surface area contributed by atoms with Crippen LogP contribution in [-0.2, 0) is 9.59 Å². The van der Waals surface area contributed by atoms with E-state index in [4.69, 9.17) is 11.6 Å². The number of nitrogens with one attached hydrogen (secondary N) is 2. The lowest BCUT2D eigenvalue weighted by molar-refractivity contribution is -0.131. The monoisotopic (exact) mass is 420 g/mol. The molecule has 0 aromatic heterocycles. The van der Waals surface area contributed by atoms with Crippen molar-refractivity contribution in [3.8, 4) is 0 Å². The van der Waals surface area contributed by atoms with Gasteiger partial charge in [-0.1, -0.05) is 17.7 Å². The molecule has 0 saturated heterocycles. The molecule has 0 spiro atoms. The van der Waals surface area contributed by atoms with Crippen LogP contribution in [0.4, 0.5) is 0 Å². The van der Waals surface area contributed by atoms with Gasteiger partial charge in [-0.25, -0.2) is 0 Å². The minimum atomic E-state index is -0.532. The number of aryl methyl sites for hydroxylation is 1. The fourth-order valence-electron chi connectivity index (χ4n) is 5.88. The fourth-order valence-corrected chi connectivity index (χ4v) is 7.09. The van der Waals surface area contributed by atoms with Gasteiger partial charge in [0.25, 0.3) is 0 Å². The fraction of sp³-hybridized carbons (Fsp3) is 0.636. The number of carbonyl (C=O) groups is 2. The molecule has 1 aromatic carbocycles. The van der Waals surface area contributed by atoms with Crippen LogP contribution in [-0.4, -0.2) is 29.1 Å². The molecule has 2 amide bonds. The number of carbonyl (C=O) groups excluding carboxylic acids is 2. The van der Waals surface area contributed by atoms with Crippen LogP contribution < -0.4 is 10.6 Å². The van der Waals surface area contributed by atoms with Crippen molar-refractivity contribution < 1.29 is 9.59 Å². The number of hydrogen-bond acceptors (Lipinski definition) is 3. The van der Waals surface area contributed by atoms with Crippen molar-refractivity contribution in [2.45, 2.75) is 68.8 Å². The summed E-state index contributed by atoms with van der Waals surface area (Å²) < 4.78 is 0. The Morgan fingerprint density at radius 1 is 1.18 bits per heavy atom. The summed E-state index contributed by atoms with van der Waals surface area (Å²) in [6.45, 7) is 3.44. The number of rotatable bonds is 6. The van der Waals surface area contributed by atoms with Crippen LogP contribution in [0.25, 0.3) is 0 Å². The summed E-state index contributed by atoms with van der Waals surface area (Å²) in [6.07, 6.45) is 7.35. The molecule has 4 saturated carbocycles. The average Bonchev–Trinajstić information content (AvgIpc) is 2.59. The van der Waals surface area contributed by atoms with E-state index < -0.39 is 6.04 Å². The standard InChI is InChI=1S/C22H29ClN2O2S/c1-13-3-4-18(8-19(13)23)28-12-20(24-14(2)26)21(27)25-22-9-15-5-16(10-22)7-17(6-15)11-22/h3-4,8,15-17,20H,5-7,9-12H2,1-2H3,(H,24,26)(H,25,27). The highest BCUT2D eigenvalue weighted by molar-refractivity contribution is 7.99. The number of hydrogen-bond donors (Lipinski definition) is 2. The van der Waals surface area contributed by atoms with Crippen molar-refractivity contribution >= 4 is 35.2 Å². The zero-order valence-corrected chi connectivity index (χ0v) is 18.2. The second-order valence-corrected chi connectivity index (χ2v) is 10.7. The SMILES string of the molecule is CC(=O)NC(CSc1ccc(C)c(Cl)c1)C(=O)NC12CC3CC(CC(C3)C1)C2. The van der Waals surface area contributed by atoms with E-state index in [0.29, 0.717) is 5.75 Å². The summed E-state index contributed by atoms with van der Waals surface area (Å²) >= 11 is 7.77. The van der Waals surface area contributed by atoms with Gasteiger partial charge in [-0.05, 0) is 80.9 Å². The quantitative estimate of drug-likeness (QED) is 0.673. The average molecular weight is 421 g/mol. The van der Waals surface area contributed by atoms with Crippen molar-refractivity contribution in [1.82, 2.24) is 10.6 Å². The zero-order valence-electron chi connectivity index (χ0n) is 16.6. The molecule has 1 aromatic rings. The summed E-state index contributed by atoms with van der Waals surface area (Å²) in [7, 11) is 0. The molecule has 2 N–H and O–H groups in total.